The third-order valence-electron chi connectivity index (χ3n) is 3.48. The van der Waals surface area contributed by atoms with Crippen molar-refractivity contribution in [2.75, 3.05) is 7.11 Å². The Morgan fingerprint density at radius 2 is 2.07 bits per heavy atom. The van der Waals surface area contributed by atoms with Crippen LogP contribution in [0, 0.1) is 0 Å². The summed E-state index contributed by atoms with van der Waals surface area (Å²) < 4.78 is 5.21. The van der Waals surface area contributed by atoms with Crippen LogP contribution in [0.4, 0.5) is 0 Å². The van der Waals surface area contributed by atoms with Crippen LogP contribution in [0.15, 0.2) is 24.3 Å². The van der Waals surface area contributed by atoms with Crippen molar-refractivity contribution in [1.82, 2.24) is 4.98 Å². The maximum atomic E-state index is 5.21. The van der Waals surface area contributed by atoms with E-state index in [9.17, 15) is 0 Å². The van der Waals surface area contributed by atoms with Crippen molar-refractivity contribution >= 4 is 10.9 Å². The number of hydrogen-bond donors (Lipinski definition) is 1. The highest BCUT2D eigenvalue weighted by Crippen LogP contribution is 2.47. The largest absolute Gasteiger partial charge is 0.497 e. The van der Waals surface area contributed by atoms with Crippen molar-refractivity contribution in [1.29, 1.82) is 0 Å². The summed E-state index contributed by atoms with van der Waals surface area (Å²) in [6, 6.07) is 8.45. The molecule has 1 heterocycles. The number of hydrogen-bond acceptors (Lipinski definition) is 1. The van der Waals surface area contributed by atoms with Crippen LogP contribution in [-0.4, -0.2) is 12.1 Å². The van der Waals surface area contributed by atoms with Crippen LogP contribution >= 0.6 is 0 Å². The summed E-state index contributed by atoms with van der Waals surface area (Å²) in [5.41, 5.74) is 2.95. The van der Waals surface area contributed by atoms with Gasteiger partial charge in [0.25, 0.3) is 0 Å². The second kappa shape index (κ2) is 2.78. The monoisotopic (exact) mass is 201 g/mol. The number of aromatic amines is 1. The highest BCUT2D eigenvalue weighted by Gasteiger charge is 2.40. The normalized spacial score (nSPS) is 18.0. The maximum absolute atomic E-state index is 5.21. The summed E-state index contributed by atoms with van der Waals surface area (Å²) in [6.45, 7) is 2.31. The third-order valence-corrected chi connectivity index (χ3v) is 3.48. The molecule has 3 rings (SSSR count). The number of nitrogens with one attached hydrogen (secondary N) is 1. The SMILES string of the molecule is COc1ccc2cc(C3(C)CC3)[nH]c2c1. The van der Waals surface area contributed by atoms with Gasteiger partial charge in [-0.2, -0.15) is 0 Å². The molecule has 0 saturated heterocycles. The summed E-state index contributed by atoms with van der Waals surface area (Å²) in [5.74, 6) is 0.914. The number of fused-ring (bicyclic) bond motifs is 1. The van der Waals surface area contributed by atoms with E-state index in [1.54, 1.807) is 7.11 Å². The quantitative estimate of drug-likeness (QED) is 0.792. The first kappa shape index (κ1) is 8.84. The summed E-state index contributed by atoms with van der Waals surface area (Å²) in [6.07, 6.45) is 2.61. The standard InChI is InChI=1S/C13H15NO/c1-13(5-6-13)12-7-9-3-4-10(15-2)8-11(9)14-12/h3-4,7-8,14H,5-6H2,1-2H3. The molecule has 0 spiro atoms. The minimum atomic E-state index is 0.409. The molecule has 15 heavy (non-hydrogen) atoms. The number of ether oxygens (including phenoxy) is 1. The second-order valence-corrected chi connectivity index (χ2v) is 4.70. The molecule has 1 aromatic carbocycles. The Morgan fingerprint density at radius 1 is 1.27 bits per heavy atom. The van der Waals surface area contributed by atoms with Crippen molar-refractivity contribution in [3.8, 4) is 5.75 Å². The third kappa shape index (κ3) is 1.32. The zero-order chi connectivity index (χ0) is 10.5. The lowest BCUT2D eigenvalue weighted by atomic mass is 10.1. The van der Waals surface area contributed by atoms with Crippen molar-refractivity contribution < 1.29 is 4.74 Å². The van der Waals surface area contributed by atoms with Crippen molar-refractivity contribution in [3.05, 3.63) is 30.0 Å². The zero-order valence-electron chi connectivity index (χ0n) is 9.13. The second-order valence-electron chi connectivity index (χ2n) is 4.70. The highest BCUT2D eigenvalue weighted by atomic mass is 16.5. The number of H-pyrrole nitrogens is 1. The van der Waals surface area contributed by atoms with E-state index in [-0.39, 0.29) is 0 Å². The first-order chi connectivity index (χ1) is 7.21. The van der Waals surface area contributed by atoms with Crippen molar-refractivity contribution in [2.24, 2.45) is 0 Å². The number of aromatic nitrogens is 1. The number of rotatable bonds is 2. The lowest BCUT2D eigenvalue weighted by molar-refractivity contribution is 0.415. The fourth-order valence-electron chi connectivity index (χ4n) is 2.02. The van der Waals surface area contributed by atoms with Crippen LogP contribution in [0.5, 0.6) is 5.75 Å². The van der Waals surface area contributed by atoms with Gasteiger partial charge in [-0.1, -0.05) is 6.92 Å². The van der Waals surface area contributed by atoms with E-state index in [2.05, 4.69) is 30.1 Å². The Hall–Kier alpha value is -1.44. The van der Waals surface area contributed by atoms with E-state index in [1.807, 2.05) is 6.07 Å². The predicted octanol–water partition coefficient (Wildman–Crippen LogP) is 3.23. The van der Waals surface area contributed by atoms with Gasteiger partial charge >= 0.3 is 0 Å². The molecule has 1 aromatic heterocycles. The predicted molar refractivity (Wildman–Crippen MR) is 61.4 cm³/mol. The van der Waals surface area contributed by atoms with E-state index in [4.69, 9.17) is 4.74 Å². The average Bonchev–Trinajstić information content (AvgIpc) is 2.85. The Morgan fingerprint density at radius 3 is 2.73 bits per heavy atom. The molecular formula is C13H15NO. The van der Waals surface area contributed by atoms with Crippen LogP contribution in [0.25, 0.3) is 10.9 Å². The molecule has 0 aliphatic heterocycles. The highest BCUT2D eigenvalue weighted by molar-refractivity contribution is 5.82. The Labute approximate surface area is 89.3 Å². The summed E-state index contributed by atoms with van der Waals surface area (Å²) in [7, 11) is 1.70. The van der Waals surface area contributed by atoms with Gasteiger partial charge in [-0.05, 0) is 36.4 Å². The fourth-order valence-corrected chi connectivity index (χ4v) is 2.02. The van der Waals surface area contributed by atoms with Crippen LogP contribution in [0.1, 0.15) is 25.5 Å². The molecule has 78 valence electrons. The van der Waals surface area contributed by atoms with E-state index >= 15 is 0 Å². The summed E-state index contributed by atoms with van der Waals surface area (Å²) >= 11 is 0. The fraction of sp³-hybridized carbons (Fsp3) is 0.385. The zero-order valence-corrected chi connectivity index (χ0v) is 9.13. The number of methoxy groups -OCH3 is 1. The molecule has 0 unspecified atom stereocenters. The van der Waals surface area contributed by atoms with Gasteiger partial charge < -0.3 is 9.72 Å². The number of benzene rings is 1. The van der Waals surface area contributed by atoms with Crippen LogP contribution < -0.4 is 4.74 Å². The van der Waals surface area contributed by atoms with E-state index in [1.165, 1.54) is 29.4 Å². The molecular weight excluding hydrogens is 186 g/mol. The molecule has 2 heteroatoms. The van der Waals surface area contributed by atoms with Gasteiger partial charge in [0.05, 0.1) is 7.11 Å². The summed E-state index contributed by atoms with van der Waals surface area (Å²) in [4.78, 5) is 3.49. The van der Waals surface area contributed by atoms with Gasteiger partial charge in [-0.15, -0.1) is 0 Å². The molecule has 2 nitrogen and oxygen atoms in total. The van der Waals surface area contributed by atoms with Crippen molar-refractivity contribution in [2.45, 2.75) is 25.2 Å². The maximum Gasteiger partial charge on any atom is 0.120 e. The lowest BCUT2D eigenvalue weighted by Gasteiger charge is -2.02. The van der Waals surface area contributed by atoms with Crippen LogP contribution in [0.3, 0.4) is 0 Å². The van der Waals surface area contributed by atoms with E-state index in [0.717, 1.165) is 5.75 Å². The Balaban J connectivity index is 2.13. The Bertz CT molecular complexity index is 508. The van der Waals surface area contributed by atoms with E-state index < -0.39 is 0 Å². The first-order valence-electron chi connectivity index (χ1n) is 5.38. The van der Waals surface area contributed by atoms with E-state index in [0.29, 0.717) is 5.41 Å². The molecule has 1 N–H and O–H groups in total. The summed E-state index contributed by atoms with van der Waals surface area (Å²) in [5, 5.41) is 1.28. The molecule has 0 bridgehead atoms. The van der Waals surface area contributed by atoms with Crippen LogP contribution in [-0.2, 0) is 5.41 Å². The van der Waals surface area contributed by atoms with Gasteiger partial charge in [-0.3, -0.25) is 0 Å². The molecule has 1 fully saturated rings. The minimum Gasteiger partial charge on any atom is -0.497 e. The molecule has 1 saturated carbocycles. The topological polar surface area (TPSA) is 25.0 Å². The van der Waals surface area contributed by atoms with Crippen molar-refractivity contribution in [3.63, 3.8) is 0 Å². The molecule has 0 amide bonds. The Kier molecular flexibility index (Phi) is 1.64. The molecule has 1 aliphatic rings. The first-order valence-corrected chi connectivity index (χ1v) is 5.38. The minimum absolute atomic E-state index is 0.409. The van der Waals surface area contributed by atoms with Gasteiger partial charge in [0, 0.05) is 22.7 Å². The van der Waals surface area contributed by atoms with Gasteiger partial charge in [0.2, 0.25) is 0 Å². The average molecular weight is 201 g/mol. The molecule has 2 aromatic rings. The lowest BCUT2D eigenvalue weighted by Crippen LogP contribution is -1.98. The van der Waals surface area contributed by atoms with Gasteiger partial charge in [0.1, 0.15) is 5.75 Å². The van der Waals surface area contributed by atoms with Gasteiger partial charge in [0.15, 0.2) is 0 Å². The van der Waals surface area contributed by atoms with Crippen LogP contribution in [0.2, 0.25) is 0 Å². The van der Waals surface area contributed by atoms with Gasteiger partial charge in [-0.25, -0.2) is 0 Å². The molecule has 0 atom stereocenters. The molecule has 1 aliphatic carbocycles. The molecule has 0 radical (unpaired) electrons. The smallest absolute Gasteiger partial charge is 0.120 e.